The molecule has 124 valence electrons. The van der Waals surface area contributed by atoms with Crippen molar-refractivity contribution >= 4 is 17.7 Å². The van der Waals surface area contributed by atoms with E-state index in [9.17, 15) is 9.59 Å². The Bertz CT molecular complexity index is 599. The second kappa shape index (κ2) is 6.36. The highest BCUT2D eigenvalue weighted by Gasteiger charge is 2.38. The van der Waals surface area contributed by atoms with E-state index in [2.05, 4.69) is 4.90 Å². The molecule has 3 rings (SSSR count). The molecule has 2 aliphatic heterocycles. The number of carbonyl (C=O) groups is 2. The van der Waals surface area contributed by atoms with E-state index in [1.54, 1.807) is 19.1 Å². The quantitative estimate of drug-likeness (QED) is 0.824. The number of carbonyl (C=O) groups excluding carboxylic acids is 2. The summed E-state index contributed by atoms with van der Waals surface area (Å²) in [5.41, 5.74) is 1.04. The zero-order valence-corrected chi connectivity index (χ0v) is 13.4. The molecule has 2 fully saturated rings. The molecule has 0 aromatic heterocycles. The molecule has 0 bridgehead atoms. The molecule has 7 heteroatoms. The maximum Gasteiger partial charge on any atom is 0.410 e. The maximum absolute atomic E-state index is 12.5. The average molecular weight is 319 g/mol. The molecule has 1 aromatic rings. The molecule has 0 radical (unpaired) electrons. The number of piperazine rings is 1. The molecule has 1 unspecified atom stereocenters. The van der Waals surface area contributed by atoms with Gasteiger partial charge in [-0.1, -0.05) is 12.1 Å². The first-order chi connectivity index (χ1) is 11.1. The van der Waals surface area contributed by atoms with E-state index in [1.165, 1.54) is 4.90 Å². The zero-order valence-electron chi connectivity index (χ0n) is 13.4. The van der Waals surface area contributed by atoms with Gasteiger partial charge in [0, 0.05) is 33.2 Å². The Hall–Kier alpha value is -2.44. The molecule has 2 aliphatic rings. The Morgan fingerprint density at radius 2 is 1.91 bits per heavy atom. The molecule has 2 heterocycles. The van der Waals surface area contributed by atoms with Gasteiger partial charge in [0.2, 0.25) is 5.91 Å². The summed E-state index contributed by atoms with van der Waals surface area (Å²) in [4.78, 5) is 29.3. The van der Waals surface area contributed by atoms with Gasteiger partial charge in [-0.3, -0.25) is 9.69 Å². The second-order valence-corrected chi connectivity index (χ2v) is 5.69. The number of para-hydroxylation sites is 2. The predicted octanol–water partition coefficient (Wildman–Crippen LogP) is 0.794. The van der Waals surface area contributed by atoms with Crippen molar-refractivity contribution in [3.8, 4) is 5.75 Å². The minimum atomic E-state index is -0.500. The van der Waals surface area contributed by atoms with Crippen LogP contribution in [0.25, 0.3) is 0 Å². The SMILES string of the molecule is COc1ccccc1N1CCN(C(=O)C2COC(=O)N2C)CC1. The summed E-state index contributed by atoms with van der Waals surface area (Å²) in [6.07, 6.45) is -0.434. The van der Waals surface area contributed by atoms with Crippen molar-refractivity contribution < 1.29 is 19.1 Å². The summed E-state index contributed by atoms with van der Waals surface area (Å²) >= 11 is 0. The van der Waals surface area contributed by atoms with Crippen molar-refractivity contribution in [1.29, 1.82) is 0 Å². The van der Waals surface area contributed by atoms with Crippen molar-refractivity contribution in [2.24, 2.45) is 0 Å². The topological polar surface area (TPSA) is 62.3 Å². The third-order valence-corrected chi connectivity index (χ3v) is 4.42. The molecule has 1 atom stereocenters. The molecule has 2 saturated heterocycles. The Morgan fingerprint density at radius 1 is 1.22 bits per heavy atom. The molecular weight excluding hydrogens is 298 g/mol. The van der Waals surface area contributed by atoms with Crippen LogP contribution in [0.3, 0.4) is 0 Å². The lowest BCUT2D eigenvalue weighted by molar-refractivity contribution is -0.135. The van der Waals surface area contributed by atoms with Gasteiger partial charge in [-0.2, -0.15) is 0 Å². The van der Waals surface area contributed by atoms with Crippen molar-refractivity contribution in [3.63, 3.8) is 0 Å². The van der Waals surface area contributed by atoms with Crippen molar-refractivity contribution in [2.75, 3.05) is 51.8 Å². The van der Waals surface area contributed by atoms with Crippen LogP contribution < -0.4 is 9.64 Å². The number of ether oxygens (including phenoxy) is 2. The maximum atomic E-state index is 12.5. The normalized spacial score (nSPS) is 21.4. The van der Waals surface area contributed by atoms with E-state index in [0.717, 1.165) is 24.5 Å². The van der Waals surface area contributed by atoms with Gasteiger partial charge in [0.15, 0.2) is 0 Å². The lowest BCUT2D eigenvalue weighted by atomic mass is 10.2. The molecule has 0 N–H and O–H groups in total. The lowest BCUT2D eigenvalue weighted by Crippen LogP contribution is -2.54. The van der Waals surface area contributed by atoms with E-state index in [-0.39, 0.29) is 12.5 Å². The standard InChI is InChI=1S/C16H21N3O4/c1-17-13(11-23-16(17)21)15(20)19-9-7-18(8-10-19)12-5-3-4-6-14(12)22-2/h3-6,13H,7-11H2,1-2H3. The van der Waals surface area contributed by atoms with Crippen LogP contribution in [-0.2, 0) is 9.53 Å². The van der Waals surface area contributed by atoms with E-state index in [0.29, 0.717) is 13.1 Å². The van der Waals surface area contributed by atoms with Crippen LogP contribution in [0.15, 0.2) is 24.3 Å². The molecule has 0 spiro atoms. The number of likely N-dealkylation sites (N-methyl/N-ethyl adjacent to an activating group) is 1. The van der Waals surface area contributed by atoms with Gasteiger partial charge in [-0.15, -0.1) is 0 Å². The van der Waals surface area contributed by atoms with Crippen LogP contribution in [0.4, 0.5) is 10.5 Å². The van der Waals surface area contributed by atoms with E-state index in [1.807, 2.05) is 24.3 Å². The van der Waals surface area contributed by atoms with Crippen molar-refractivity contribution in [2.45, 2.75) is 6.04 Å². The highest BCUT2D eigenvalue weighted by molar-refractivity contribution is 5.88. The highest BCUT2D eigenvalue weighted by atomic mass is 16.6. The summed E-state index contributed by atoms with van der Waals surface area (Å²) in [7, 11) is 3.26. The molecule has 1 aromatic carbocycles. The van der Waals surface area contributed by atoms with Crippen LogP contribution in [0.2, 0.25) is 0 Å². The minimum Gasteiger partial charge on any atom is -0.495 e. The van der Waals surface area contributed by atoms with Crippen LogP contribution in [0, 0.1) is 0 Å². The third kappa shape index (κ3) is 2.91. The number of amides is 2. The summed E-state index contributed by atoms with van der Waals surface area (Å²) < 4.78 is 10.3. The fraction of sp³-hybridized carbons (Fsp3) is 0.500. The van der Waals surface area contributed by atoms with Gasteiger partial charge in [0.1, 0.15) is 18.4 Å². The Kier molecular flexibility index (Phi) is 4.27. The smallest absolute Gasteiger partial charge is 0.410 e. The highest BCUT2D eigenvalue weighted by Crippen LogP contribution is 2.28. The van der Waals surface area contributed by atoms with E-state index < -0.39 is 12.1 Å². The number of nitrogens with zero attached hydrogens (tertiary/aromatic N) is 3. The van der Waals surface area contributed by atoms with Crippen molar-refractivity contribution in [1.82, 2.24) is 9.80 Å². The Morgan fingerprint density at radius 3 is 2.52 bits per heavy atom. The number of anilines is 1. The molecule has 0 aliphatic carbocycles. The summed E-state index contributed by atoms with van der Waals surface area (Å²) in [6.45, 7) is 2.85. The van der Waals surface area contributed by atoms with Crippen molar-refractivity contribution in [3.05, 3.63) is 24.3 Å². The second-order valence-electron chi connectivity index (χ2n) is 5.69. The van der Waals surface area contributed by atoms with Gasteiger partial charge in [-0.25, -0.2) is 4.79 Å². The average Bonchev–Trinajstić information content (AvgIpc) is 2.93. The number of hydrogen-bond acceptors (Lipinski definition) is 5. The first-order valence-corrected chi connectivity index (χ1v) is 7.68. The van der Waals surface area contributed by atoms with Gasteiger partial charge >= 0.3 is 6.09 Å². The molecule has 0 saturated carbocycles. The number of cyclic esters (lactones) is 1. The van der Waals surface area contributed by atoms with Crippen LogP contribution in [0.5, 0.6) is 5.75 Å². The van der Waals surface area contributed by atoms with E-state index >= 15 is 0 Å². The zero-order chi connectivity index (χ0) is 16.4. The molecule has 23 heavy (non-hydrogen) atoms. The number of rotatable bonds is 3. The fourth-order valence-corrected chi connectivity index (χ4v) is 3.00. The van der Waals surface area contributed by atoms with Gasteiger partial charge in [0.05, 0.1) is 12.8 Å². The summed E-state index contributed by atoms with van der Waals surface area (Å²) in [6, 6.07) is 7.37. The summed E-state index contributed by atoms with van der Waals surface area (Å²) in [5, 5.41) is 0. The van der Waals surface area contributed by atoms with Gasteiger partial charge in [-0.05, 0) is 12.1 Å². The number of methoxy groups -OCH3 is 1. The molecular formula is C16H21N3O4. The van der Waals surface area contributed by atoms with Crippen LogP contribution in [-0.4, -0.2) is 74.8 Å². The number of benzene rings is 1. The largest absolute Gasteiger partial charge is 0.495 e. The van der Waals surface area contributed by atoms with Crippen LogP contribution >= 0.6 is 0 Å². The Balaban J connectivity index is 1.62. The van der Waals surface area contributed by atoms with Crippen LogP contribution in [0.1, 0.15) is 0 Å². The predicted molar refractivity (Wildman–Crippen MR) is 84.7 cm³/mol. The summed E-state index contributed by atoms with van der Waals surface area (Å²) in [5.74, 6) is 0.792. The van der Waals surface area contributed by atoms with Gasteiger partial charge < -0.3 is 19.3 Å². The number of hydrogen-bond donors (Lipinski definition) is 0. The third-order valence-electron chi connectivity index (χ3n) is 4.42. The lowest BCUT2D eigenvalue weighted by Gasteiger charge is -2.37. The minimum absolute atomic E-state index is 0.0435. The Labute approximate surface area is 135 Å². The van der Waals surface area contributed by atoms with Gasteiger partial charge in [0.25, 0.3) is 0 Å². The fourth-order valence-electron chi connectivity index (χ4n) is 3.00. The van der Waals surface area contributed by atoms with E-state index in [4.69, 9.17) is 9.47 Å². The first-order valence-electron chi connectivity index (χ1n) is 7.68. The monoisotopic (exact) mass is 319 g/mol. The first kappa shape index (κ1) is 15.5. The molecule has 7 nitrogen and oxygen atoms in total. The molecule has 2 amide bonds.